The van der Waals surface area contributed by atoms with Crippen molar-refractivity contribution in [2.75, 3.05) is 18.6 Å². The van der Waals surface area contributed by atoms with Crippen molar-refractivity contribution in [3.05, 3.63) is 53.5 Å². The van der Waals surface area contributed by atoms with Gasteiger partial charge in [-0.05, 0) is 12.1 Å². The van der Waals surface area contributed by atoms with Crippen LogP contribution in [0.5, 0.6) is 0 Å². The van der Waals surface area contributed by atoms with Crippen LogP contribution in [0.15, 0.2) is 47.1 Å². The first kappa shape index (κ1) is 24.7. The first-order chi connectivity index (χ1) is 17.8. The second-order valence-corrected chi connectivity index (χ2v) is 9.96. The Hall–Kier alpha value is -4.02. The Morgan fingerprint density at radius 3 is 2.89 bits per heavy atom. The second kappa shape index (κ2) is 9.79. The molecule has 0 saturated carbocycles. The number of carboxylic acids is 1. The first-order valence-electron chi connectivity index (χ1n) is 10.8. The number of carbonyl (C=O) groups excluding carboxylic acids is 2. The van der Waals surface area contributed by atoms with Gasteiger partial charge in [0.25, 0.3) is 11.8 Å². The van der Waals surface area contributed by atoms with E-state index in [1.807, 2.05) is 21.2 Å². The molecule has 0 aromatic carbocycles. The van der Waals surface area contributed by atoms with Gasteiger partial charge in [-0.2, -0.15) is 13.9 Å². The van der Waals surface area contributed by atoms with E-state index < -0.39 is 29.2 Å². The molecule has 5 heterocycles. The van der Waals surface area contributed by atoms with Crippen LogP contribution in [-0.4, -0.2) is 76.6 Å². The third kappa shape index (κ3) is 4.38. The lowest BCUT2D eigenvalue weighted by Crippen LogP contribution is -2.71. The number of hydrogen-bond acceptors (Lipinski definition) is 11. The van der Waals surface area contributed by atoms with Crippen molar-refractivity contribution >= 4 is 57.4 Å². The van der Waals surface area contributed by atoms with Gasteiger partial charge in [-0.1, -0.05) is 5.16 Å². The molecule has 2 aliphatic rings. The normalized spacial score (nSPS) is 19.6. The lowest BCUT2D eigenvalue weighted by Gasteiger charge is -2.49. The molecule has 2 aliphatic heterocycles. The van der Waals surface area contributed by atoms with Crippen LogP contribution in [-0.2, 0) is 32.4 Å². The highest BCUT2D eigenvalue weighted by Crippen LogP contribution is 2.40. The number of carboxylic acid groups (broad SMARTS) is 1. The molecular formula is C21H21N8O6S2+. The zero-order valence-corrected chi connectivity index (χ0v) is 20.9. The molecule has 5 rings (SSSR count). The summed E-state index contributed by atoms with van der Waals surface area (Å²) in [6, 6.07) is 2.69. The molecule has 37 heavy (non-hydrogen) atoms. The van der Waals surface area contributed by atoms with Gasteiger partial charge in [0.15, 0.2) is 24.1 Å². The van der Waals surface area contributed by atoms with Gasteiger partial charge in [0.05, 0.1) is 12.8 Å². The van der Waals surface area contributed by atoms with Gasteiger partial charge in [0, 0.05) is 28.6 Å². The molecule has 2 atom stereocenters. The molecule has 1 saturated heterocycles. The number of rotatable bonds is 8. The number of thioether (sulfide) groups is 1. The summed E-state index contributed by atoms with van der Waals surface area (Å²) in [5.74, 6) is -2.23. The van der Waals surface area contributed by atoms with Crippen molar-refractivity contribution in [1.82, 2.24) is 24.0 Å². The zero-order valence-electron chi connectivity index (χ0n) is 19.3. The van der Waals surface area contributed by atoms with E-state index in [1.165, 1.54) is 23.8 Å². The minimum absolute atomic E-state index is 0.0433. The lowest BCUT2D eigenvalue weighted by molar-refractivity contribution is -0.688. The molecule has 1 fully saturated rings. The van der Waals surface area contributed by atoms with E-state index in [1.54, 1.807) is 18.5 Å². The largest absolute Gasteiger partial charge is 0.477 e. The van der Waals surface area contributed by atoms with Crippen LogP contribution in [0.4, 0.5) is 5.13 Å². The molecule has 5 N–H and O–H groups in total. The molecule has 3 aromatic heterocycles. The molecule has 192 valence electrons. The minimum Gasteiger partial charge on any atom is -0.477 e. The van der Waals surface area contributed by atoms with Gasteiger partial charge < -0.3 is 30.5 Å². The monoisotopic (exact) mass is 545 g/mol. The fourth-order valence-corrected chi connectivity index (χ4v) is 6.00. The van der Waals surface area contributed by atoms with Crippen LogP contribution in [0, 0.1) is 0 Å². The predicted octanol–water partition coefficient (Wildman–Crippen LogP) is -1.06. The van der Waals surface area contributed by atoms with Crippen molar-refractivity contribution in [3.63, 3.8) is 0 Å². The van der Waals surface area contributed by atoms with E-state index in [-0.39, 0.29) is 35.5 Å². The molecule has 3 aromatic rings. The summed E-state index contributed by atoms with van der Waals surface area (Å²) >= 11 is 2.22. The minimum atomic E-state index is -1.23. The fraction of sp³-hybridized carbons (Fsp3) is 0.286. The Labute approximate surface area is 217 Å². The maximum absolute atomic E-state index is 13.0. The van der Waals surface area contributed by atoms with Gasteiger partial charge in [0.1, 0.15) is 29.7 Å². The number of aliphatic hydroxyl groups excluding tert-OH is 1. The van der Waals surface area contributed by atoms with E-state index in [0.717, 1.165) is 22.7 Å². The fourth-order valence-electron chi connectivity index (χ4n) is 4.23. The smallest absolute Gasteiger partial charge is 0.352 e. The van der Waals surface area contributed by atoms with Crippen molar-refractivity contribution < 1.29 is 34.0 Å². The average Bonchev–Trinajstić information content (AvgIpc) is 3.50. The Bertz CT molecular complexity index is 1480. The Morgan fingerprint density at radius 2 is 2.22 bits per heavy atom. The molecule has 2 amide bonds. The number of amides is 2. The van der Waals surface area contributed by atoms with E-state index >= 15 is 0 Å². The number of aliphatic carboxylic acids is 1. The Kier molecular flexibility index (Phi) is 6.53. The maximum Gasteiger partial charge on any atom is 0.352 e. The SMILES string of the molecule is CO/N=C(\C(=O)N[C@@H]1C(=O)N2C(C(=O)O)=C(C[n+]3ccn4c(CO)ccc4c3)CS[C@@H]12)c1nsc(N)n1. The van der Waals surface area contributed by atoms with Crippen LogP contribution in [0.2, 0.25) is 0 Å². The number of nitrogens with two attached hydrogens (primary N) is 1. The summed E-state index contributed by atoms with van der Waals surface area (Å²) in [5.41, 5.74) is 7.35. The Balaban J connectivity index is 1.35. The van der Waals surface area contributed by atoms with Crippen molar-refractivity contribution in [3.8, 4) is 0 Å². The standard InChI is InChI=1S/C21H20N8O6S2/c1-35-25-13(16-24-21(22)37-26-16)17(31)23-14-18(32)29-15(20(33)34)10(9-36-19(14)29)6-27-4-5-28-11(7-27)2-3-12(28)8-30/h2-5,7,14,19,30H,6,8-9H2,1H3,(H3-,22,23,24,26,31,33,34)/p+1/b25-13-/t14-,19+/m1/s1. The lowest BCUT2D eigenvalue weighted by atomic mass is 10.0. The van der Waals surface area contributed by atoms with Gasteiger partial charge in [-0.25, -0.2) is 4.79 Å². The average molecular weight is 546 g/mol. The molecule has 16 heteroatoms. The van der Waals surface area contributed by atoms with E-state index in [2.05, 4.69) is 19.8 Å². The maximum atomic E-state index is 13.0. The van der Waals surface area contributed by atoms with Crippen LogP contribution >= 0.6 is 23.3 Å². The predicted molar refractivity (Wildman–Crippen MR) is 131 cm³/mol. The van der Waals surface area contributed by atoms with Crippen LogP contribution < -0.4 is 15.6 Å². The number of anilines is 1. The highest BCUT2D eigenvalue weighted by molar-refractivity contribution is 8.00. The highest BCUT2D eigenvalue weighted by atomic mass is 32.2. The number of nitrogens with one attached hydrogen (secondary N) is 1. The summed E-state index contributed by atoms with van der Waals surface area (Å²) < 4.78 is 7.60. The number of β-lactam (4-membered cyclic amide) rings is 1. The number of hydrogen-bond donors (Lipinski definition) is 4. The van der Waals surface area contributed by atoms with Crippen LogP contribution in [0.25, 0.3) is 5.52 Å². The number of fused-ring (bicyclic) bond motifs is 2. The topological polar surface area (TPSA) is 189 Å². The molecule has 0 spiro atoms. The van der Waals surface area contributed by atoms with Crippen LogP contribution in [0.1, 0.15) is 11.5 Å². The summed E-state index contributed by atoms with van der Waals surface area (Å²) in [5, 5.41) is 25.2. The summed E-state index contributed by atoms with van der Waals surface area (Å²) in [6.45, 7) is 0.145. The molecule has 0 radical (unpaired) electrons. The van der Waals surface area contributed by atoms with E-state index in [9.17, 15) is 24.6 Å². The van der Waals surface area contributed by atoms with E-state index in [4.69, 9.17) is 10.6 Å². The van der Waals surface area contributed by atoms with Gasteiger partial charge in [-0.15, -0.1) is 11.8 Å². The highest BCUT2D eigenvalue weighted by Gasteiger charge is 2.54. The summed E-state index contributed by atoms with van der Waals surface area (Å²) in [7, 11) is 1.25. The summed E-state index contributed by atoms with van der Waals surface area (Å²) in [4.78, 5) is 47.9. The van der Waals surface area contributed by atoms with Crippen molar-refractivity contribution in [2.45, 2.75) is 24.6 Å². The van der Waals surface area contributed by atoms with Crippen molar-refractivity contribution in [2.24, 2.45) is 5.16 Å². The second-order valence-electron chi connectivity index (χ2n) is 8.07. The number of aromatic nitrogens is 4. The molecule has 14 nitrogen and oxygen atoms in total. The summed E-state index contributed by atoms with van der Waals surface area (Å²) in [6.07, 6.45) is 5.39. The third-order valence-corrected chi connectivity index (χ3v) is 7.74. The molecular weight excluding hydrogens is 524 g/mol. The van der Waals surface area contributed by atoms with E-state index in [0.29, 0.717) is 11.3 Å². The molecule has 0 bridgehead atoms. The van der Waals surface area contributed by atoms with Gasteiger partial charge in [0.2, 0.25) is 11.5 Å². The third-order valence-electron chi connectivity index (χ3n) is 5.86. The zero-order chi connectivity index (χ0) is 26.3. The first-order valence-corrected chi connectivity index (χ1v) is 12.7. The van der Waals surface area contributed by atoms with Crippen LogP contribution in [0.3, 0.4) is 0 Å². The number of aliphatic hydroxyl groups is 1. The molecule has 0 unspecified atom stereocenters. The quantitative estimate of drug-likeness (QED) is 0.118. The van der Waals surface area contributed by atoms with Gasteiger partial charge >= 0.3 is 5.97 Å². The number of oxime groups is 1. The molecule has 0 aliphatic carbocycles. The number of carbonyl (C=O) groups is 3. The van der Waals surface area contributed by atoms with Crippen molar-refractivity contribution in [1.29, 1.82) is 0 Å². The Morgan fingerprint density at radius 1 is 1.41 bits per heavy atom. The number of nitrogens with zero attached hydrogens (tertiary/aromatic N) is 6. The van der Waals surface area contributed by atoms with Gasteiger partial charge in [-0.3, -0.25) is 14.5 Å². The number of nitrogen functional groups attached to an aromatic ring is 1.